The Morgan fingerprint density at radius 1 is 1.19 bits per heavy atom. The predicted octanol–water partition coefficient (Wildman–Crippen LogP) is 5.28. The average Bonchev–Trinajstić information content (AvgIpc) is 2.97. The number of hydrogen-bond donors (Lipinski definition) is 1. The van der Waals surface area contributed by atoms with Gasteiger partial charge >= 0.3 is 0 Å². The molecule has 0 aromatic heterocycles. The van der Waals surface area contributed by atoms with Gasteiger partial charge in [0.1, 0.15) is 0 Å². The Morgan fingerprint density at radius 3 is 2.59 bits per heavy atom. The third-order valence-electron chi connectivity index (χ3n) is 6.45. The van der Waals surface area contributed by atoms with Crippen LogP contribution >= 0.6 is 23.2 Å². The number of nitriles is 1. The normalized spacial score (nSPS) is 29.7. The van der Waals surface area contributed by atoms with E-state index in [4.69, 9.17) is 28.5 Å². The molecule has 2 fully saturated rings. The second-order valence-electron chi connectivity index (χ2n) is 7.80. The van der Waals surface area contributed by atoms with Crippen LogP contribution in [0.25, 0.3) is 0 Å². The number of nitrogens with one attached hydrogen (secondary N) is 1. The third kappa shape index (κ3) is 3.02. The lowest BCUT2D eigenvalue weighted by molar-refractivity contribution is -0.129. The molecule has 2 aromatic rings. The summed E-state index contributed by atoms with van der Waals surface area (Å²) in [6.45, 7) is 2.76. The maximum absolute atomic E-state index is 12.6. The van der Waals surface area contributed by atoms with E-state index in [1.54, 1.807) is 6.07 Å². The van der Waals surface area contributed by atoms with Gasteiger partial charge in [-0.2, -0.15) is 5.26 Å². The van der Waals surface area contributed by atoms with Crippen LogP contribution in [0.15, 0.2) is 42.5 Å². The van der Waals surface area contributed by atoms with Crippen molar-refractivity contribution in [2.45, 2.75) is 31.6 Å². The Kier molecular flexibility index (Phi) is 4.66. The summed E-state index contributed by atoms with van der Waals surface area (Å²) >= 11 is 12.7. The fourth-order valence-corrected chi connectivity index (χ4v) is 5.38. The number of halogens is 2. The molecule has 1 aliphatic carbocycles. The van der Waals surface area contributed by atoms with E-state index in [-0.39, 0.29) is 29.1 Å². The van der Waals surface area contributed by atoms with E-state index in [1.807, 2.05) is 24.3 Å². The molecular formula is C22H20Cl2N2O. The number of nitrogens with zero attached hydrogens (tertiary/aromatic N) is 1. The molecule has 1 amide bonds. The highest BCUT2D eigenvalue weighted by Gasteiger charge is 2.54. The van der Waals surface area contributed by atoms with Crippen molar-refractivity contribution in [3.8, 4) is 6.07 Å². The number of amides is 1. The molecule has 1 saturated carbocycles. The second-order valence-corrected chi connectivity index (χ2v) is 8.65. The van der Waals surface area contributed by atoms with Gasteiger partial charge in [0, 0.05) is 16.6 Å². The van der Waals surface area contributed by atoms with Gasteiger partial charge in [0.25, 0.3) is 0 Å². The van der Waals surface area contributed by atoms with Crippen molar-refractivity contribution in [2.24, 2.45) is 11.3 Å². The van der Waals surface area contributed by atoms with E-state index >= 15 is 0 Å². The van der Waals surface area contributed by atoms with Crippen LogP contribution in [0.1, 0.15) is 48.3 Å². The highest BCUT2D eigenvalue weighted by Crippen LogP contribution is 2.57. The van der Waals surface area contributed by atoms with Crippen LogP contribution in [0.4, 0.5) is 0 Å². The van der Waals surface area contributed by atoms with Gasteiger partial charge in [-0.3, -0.25) is 4.79 Å². The monoisotopic (exact) mass is 398 g/mol. The van der Waals surface area contributed by atoms with Gasteiger partial charge < -0.3 is 5.32 Å². The third-order valence-corrected chi connectivity index (χ3v) is 7.02. The highest BCUT2D eigenvalue weighted by molar-refractivity contribution is 6.31. The molecule has 4 atom stereocenters. The number of hydrogen-bond acceptors (Lipinski definition) is 2. The SMILES string of the molecule is C[C@@]12CC[C@@H](c3ccc(C#N)cc3Cl)[C@H](c3ccc(Cl)cc3)[C@@H]1CNC2=O. The van der Waals surface area contributed by atoms with Gasteiger partial charge in [-0.1, -0.05) is 48.3 Å². The summed E-state index contributed by atoms with van der Waals surface area (Å²) in [5, 5.41) is 13.5. The van der Waals surface area contributed by atoms with Crippen molar-refractivity contribution >= 4 is 29.1 Å². The lowest BCUT2D eigenvalue weighted by Crippen LogP contribution is -2.41. The van der Waals surface area contributed by atoms with Gasteiger partial charge in [0.15, 0.2) is 0 Å². The van der Waals surface area contributed by atoms with E-state index < -0.39 is 0 Å². The standard InChI is InChI=1S/C22H20Cl2N2O/c1-22-9-8-17(16-7-2-13(11-25)10-19(16)24)20(18(22)12-26-21(22)27)14-3-5-15(23)6-4-14/h2-7,10,17-18,20H,8-9,12H2,1H3,(H,26,27)/t17-,18-,20-,22+/m0/s1. The summed E-state index contributed by atoms with van der Waals surface area (Å²) < 4.78 is 0. The lowest BCUT2D eigenvalue weighted by atomic mass is 9.57. The van der Waals surface area contributed by atoms with Gasteiger partial charge in [0.2, 0.25) is 5.91 Å². The Balaban J connectivity index is 1.82. The van der Waals surface area contributed by atoms with E-state index in [1.165, 1.54) is 5.56 Å². The molecule has 0 unspecified atom stereocenters. The van der Waals surface area contributed by atoms with Gasteiger partial charge in [-0.15, -0.1) is 0 Å². The first-order valence-electron chi connectivity index (χ1n) is 9.17. The Bertz CT molecular complexity index is 934. The average molecular weight is 399 g/mol. The molecule has 1 aliphatic heterocycles. The Labute approximate surface area is 169 Å². The van der Waals surface area contributed by atoms with Gasteiger partial charge in [-0.25, -0.2) is 0 Å². The van der Waals surface area contributed by atoms with E-state index in [0.717, 1.165) is 18.4 Å². The maximum atomic E-state index is 12.6. The summed E-state index contributed by atoms with van der Waals surface area (Å²) in [5.74, 6) is 0.690. The van der Waals surface area contributed by atoms with Crippen LogP contribution in [0, 0.1) is 22.7 Å². The molecule has 2 aromatic carbocycles. The maximum Gasteiger partial charge on any atom is 0.226 e. The molecule has 3 nitrogen and oxygen atoms in total. The molecule has 4 rings (SSSR count). The smallest absolute Gasteiger partial charge is 0.226 e. The fraction of sp³-hybridized carbons (Fsp3) is 0.364. The molecule has 1 saturated heterocycles. The Hall–Kier alpha value is -2.02. The zero-order valence-electron chi connectivity index (χ0n) is 15.0. The number of carbonyl (C=O) groups excluding carboxylic acids is 1. The zero-order chi connectivity index (χ0) is 19.2. The molecule has 2 aliphatic rings. The summed E-state index contributed by atoms with van der Waals surface area (Å²) in [6, 6.07) is 15.6. The van der Waals surface area contributed by atoms with Crippen molar-refractivity contribution in [1.29, 1.82) is 5.26 Å². The van der Waals surface area contributed by atoms with Crippen LogP contribution in [0.5, 0.6) is 0 Å². The lowest BCUT2D eigenvalue weighted by Gasteiger charge is -2.45. The van der Waals surface area contributed by atoms with Gasteiger partial charge in [0.05, 0.1) is 17.0 Å². The molecule has 27 heavy (non-hydrogen) atoms. The van der Waals surface area contributed by atoms with E-state index in [0.29, 0.717) is 22.2 Å². The van der Waals surface area contributed by atoms with Crippen molar-refractivity contribution in [1.82, 2.24) is 5.32 Å². The van der Waals surface area contributed by atoms with E-state index in [9.17, 15) is 4.79 Å². The molecule has 0 spiro atoms. The quantitative estimate of drug-likeness (QED) is 0.747. The minimum Gasteiger partial charge on any atom is -0.355 e. The first-order valence-corrected chi connectivity index (χ1v) is 9.93. The fourth-order valence-electron chi connectivity index (χ4n) is 4.93. The van der Waals surface area contributed by atoms with Crippen molar-refractivity contribution in [3.05, 3.63) is 69.2 Å². The highest BCUT2D eigenvalue weighted by atomic mass is 35.5. The zero-order valence-corrected chi connectivity index (χ0v) is 16.5. The number of carbonyl (C=O) groups is 1. The van der Waals surface area contributed by atoms with Crippen LogP contribution < -0.4 is 5.32 Å². The van der Waals surface area contributed by atoms with Crippen LogP contribution in [-0.2, 0) is 4.79 Å². The number of benzene rings is 2. The van der Waals surface area contributed by atoms with Crippen LogP contribution in [0.3, 0.4) is 0 Å². The summed E-state index contributed by atoms with van der Waals surface area (Å²) in [6.07, 6.45) is 1.70. The minimum absolute atomic E-state index is 0.149. The largest absolute Gasteiger partial charge is 0.355 e. The molecule has 138 valence electrons. The van der Waals surface area contributed by atoms with Crippen LogP contribution in [0.2, 0.25) is 10.0 Å². The molecule has 1 heterocycles. The van der Waals surface area contributed by atoms with Crippen molar-refractivity contribution in [2.75, 3.05) is 6.54 Å². The topological polar surface area (TPSA) is 52.9 Å². The Morgan fingerprint density at radius 2 is 1.93 bits per heavy atom. The molecule has 5 heteroatoms. The number of rotatable bonds is 2. The minimum atomic E-state index is -0.361. The summed E-state index contributed by atoms with van der Waals surface area (Å²) in [7, 11) is 0. The summed E-state index contributed by atoms with van der Waals surface area (Å²) in [5.41, 5.74) is 2.43. The first kappa shape index (κ1) is 18.3. The van der Waals surface area contributed by atoms with Crippen molar-refractivity contribution < 1.29 is 4.79 Å². The molecule has 0 radical (unpaired) electrons. The second kappa shape index (κ2) is 6.86. The van der Waals surface area contributed by atoms with Crippen molar-refractivity contribution in [3.63, 3.8) is 0 Å². The molecule has 1 N–H and O–H groups in total. The number of fused-ring (bicyclic) bond motifs is 1. The first-order chi connectivity index (χ1) is 12.9. The van der Waals surface area contributed by atoms with Gasteiger partial charge in [-0.05, 0) is 66.0 Å². The molecule has 0 bridgehead atoms. The van der Waals surface area contributed by atoms with E-state index in [2.05, 4.69) is 30.4 Å². The summed E-state index contributed by atoms with van der Waals surface area (Å²) in [4.78, 5) is 12.6. The molecular weight excluding hydrogens is 379 g/mol. The van der Waals surface area contributed by atoms with Crippen LogP contribution in [-0.4, -0.2) is 12.5 Å². The predicted molar refractivity (Wildman–Crippen MR) is 107 cm³/mol.